The first-order valence-corrected chi connectivity index (χ1v) is 3.54. The van der Waals surface area contributed by atoms with Crippen molar-refractivity contribution in [3.8, 4) is 0 Å². The summed E-state index contributed by atoms with van der Waals surface area (Å²) in [5, 5.41) is 0. The Hall–Kier alpha value is -0.220. The molecule has 0 heterocycles. The molecular formula is C7H16F2N2. The first kappa shape index (κ1) is 10.8. The molecule has 0 amide bonds. The van der Waals surface area contributed by atoms with E-state index in [2.05, 4.69) is 0 Å². The van der Waals surface area contributed by atoms with E-state index >= 15 is 0 Å². The maximum Gasteiger partial charge on any atom is 0.255 e. The summed E-state index contributed by atoms with van der Waals surface area (Å²) >= 11 is 0. The van der Waals surface area contributed by atoms with Crippen molar-refractivity contribution in [2.24, 2.45) is 0 Å². The number of halogens is 2. The molecule has 4 heteroatoms. The van der Waals surface area contributed by atoms with Crippen LogP contribution in [0.25, 0.3) is 0 Å². The third-order valence-corrected chi connectivity index (χ3v) is 1.51. The third kappa shape index (κ3) is 4.27. The maximum absolute atomic E-state index is 12.2. The van der Waals surface area contributed by atoms with E-state index in [4.69, 9.17) is 0 Å². The molecule has 2 nitrogen and oxygen atoms in total. The molecule has 0 fully saturated rings. The van der Waals surface area contributed by atoms with Crippen LogP contribution in [0.15, 0.2) is 0 Å². The Kier molecular flexibility index (Phi) is 4.52. The lowest BCUT2D eigenvalue weighted by molar-refractivity contribution is 0.0357. The Morgan fingerprint density at radius 2 is 1.55 bits per heavy atom. The Labute approximate surface area is 66.8 Å². The topological polar surface area (TPSA) is 6.48 Å². The molecule has 0 radical (unpaired) electrons. The predicted octanol–water partition coefficient (Wildman–Crippen LogP) is 0.743. The molecular weight excluding hydrogens is 150 g/mol. The van der Waals surface area contributed by atoms with Crippen LogP contribution in [0.1, 0.15) is 0 Å². The number of hydrogen-bond donors (Lipinski definition) is 0. The van der Waals surface area contributed by atoms with Crippen LogP contribution in [-0.4, -0.2) is 57.0 Å². The molecule has 1 atom stereocenters. The molecule has 0 N–H and O–H groups in total. The average molecular weight is 166 g/mol. The minimum atomic E-state index is -2.27. The monoisotopic (exact) mass is 166 g/mol. The summed E-state index contributed by atoms with van der Waals surface area (Å²) in [7, 11) is 6.92. The van der Waals surface area contributed by atoms with Crippen LogP contribution in [0.3, 0.4) is 0 Å². The van der Waals surface area contributed by atoms with Crippen molar-refractivity contribution in [1.82, 2.24) is 9.80 Å². The summed E-state index contributed by atoms with van der Waals surface area (Å²) in [4.78, 5) is 3.31. The van der Waals surface area contributed by atoms with Crippen LogP contribution < -0.4 is 0 Å². The molecule has 0 saturated carbocycles. The summed E-state index contributed by atoms with van der Waals surface area (Å²) in [6.45, 7) is 0.394. The first-order valence-electron chi connectivity index (χ1n) is 3.54. The van der Waals surface area contributed by atoms with Gasteiger partial charge in [0, 0.05) is 6.54 Å². The van der Waals surface area contributed by atoms with E-state index in [0.717, 1.165) is 0 Å². The molecule has 1 unspecified atom stereocenters. The highest BCUT2D eigenvalue weighted by molar-refractivity contribution is 4.70. The zero-order chi connectivity index (χ0) is 9.02. The summed E-state index contributed by atoms with van der Waals surface area (Å²) < 4.78 is 24.5. The van der Waals surface area contributed by atoms with Gasteiger partial charge in [-0.2, -0.15) is 0 Å². The van der Waals surface area contributed by atoms with Gasteiger partial charge in [0.15, 0.2) is 0 Å². The van der Waals surface area contributed by atoms with Crippen molar-refractivity contribution < 1.29 is 8.78 Å². The van der Waals surface area contributed by atoms with Gasteiger partial charge in [-0.05, 0) is 28.2 Å². The minimum absolute atomic E-state index is 0.394. The first-order chi connectivity index (χ1) is 4.95. The van der Waals surface area contributed by atoms with Crippen molar-refractivity contribution in [1.29, 1.82) is 0 Å². The highest BCUT2D eigenvalue weighted by Crippen LogP contribution is 2.06. The van der Waals surface area contributed by atoms with Crippen LogP contribution in [0.4, 0.5) is 8.78 Å². The molecule has 0 rings (SSSR count). The number of nitrogens with zero attached hydrogens (tertiary/aromatic N) is 2. The van der Waals surface area contributed by atoms with E-state index in [-0.39, 0.29) is 0 Å². The maximum atomic E-state index is 12.2. The molecule has 0 aromatic carbocycles. The van der Waals surface area contributed by atoms with Gasteiger partial charge in [0.2, 0.25) is 0 Å². The minimum Gasteiger partial charge on any atom is -0.308 e. The highest BCUT2D eigenvalue weighted by atomic mass is 19.3. The van der Waals surface area contributed by atoms with Crippen molar-refractivity contribution in [2.75, 3.05) is 34.7 Å². The SMILES string of the molecule is CN(C)CC(C(F)F)N(C)C. The standard InChI is InChI=1S/C7H16F2N2/c1-10(2)5-6(7(8)9)11(3)4/h6-7H,5H2,1-4H3. The Bertz CT molecular complexity index is 96.6. The second-order valence-corrected chi connectivity index (χ2v) is 3.13. The van der Waals surface area contributed by atoms with E-state index in [0.29, 0.717) is 6.54 Å². The van der Waals surface area contributed by atoms with Gasteiger partial charge in [-0.3, -0.25) is 0 Å². The van der Waals surface area contributed by atoms with Crippen molar-refractivity contribution in [2.45, 2.75) is 12.5 Å². The van der Waals surface area contributed by atoms with Gasteiger partial charge in [-0.25, -0.2) is 8.78 Å². The second kappa shape index (κ2) is 4.62. The zero-order valence-corrected chi connectivity index (χ0v) is 7.51. The fourth-order valence-electron chi connectivity index (χ4n) is 0.842. The molecule has 11 heavy (non-hydrogen) atoms. The zero-order valence-electron chi connectivity index (χ0n) is 7.51. The number of likely N-dealkylation sites (N-methyl/N-ethyl adjacent to an activating group) is 2. The van der Waals surface area contributed by atoms with Gasteiger partial charge in [-0.15, -0.1) is 0 Å². The van der Waals surface area contributed by atoms with Gasteiger partial charge in [0.1, 0.15) is 0 Å². The van der Waals surface area contributed by atoms with E-state index in [9.17, 15) is 8.78 Å². The average Bonchev–Trinajstić information content (AvgIpc) is 1.81. The molecule has 0 aromatic heterocycles. The smallest absolute Gasteiger partial charge is 0.255 e. The van der Waals surface area contributed by atoms with E-state index < -0.39 is 12.5 Å². The van der Waals surface area contributed by atoms with Gasteiger partial charge in [0.05, 0.1) is 6.04 Å². The van der Waals surface area contributed by atoms with E-state index in [1.54, 1.807) is 38.0 Å². The van der Waals surface area contributed by atoms with E-state index in [1.807, 2.05) is 0 Å². The lowest BCUT2D eigenvalue weighted by atomic mass is 10.3. The number of rotatable bonds is 4. The second-order valence-electron chi connectivity index (χ2n) is 3.13. The molecule has 68 valence electrons. The van der Waals surface area contributed by atoms with Crippen LogP contribution in [0, 0.1) is 0 Å². The van der Waals surface area contributed by atoms with Crippen LogP contribution in [0.5, 0.6) is 0 Å². The van der Waals surface area contributed by atoms with Crippen molar-refractivity contribution in [3.05, 3.63) is 0 Å². The largest absolute Gasteiger partial charge is 0.308 e. The number of hydrogen-bond acceptors (Lipinski definition) is 2. The van der Waals surface area contributed by atoms with Crippen molar-refractivity contribution in [3.63, 3.8) is 0 Å². The van der Waals surface area contributed by atoms with Gasteiger partial charge >= 0.3 is 0 Å². The quantitative estimate of drug-likeness (QED) is 0.608. The third-order valence-electron chi connectivity index (χ3n) is 1.51. The lowest BCUT2D eigenvalue weighted by Crippen LogP contribution is -2.42. The molecule has 0 aliphatic carbocycles. The Balaban J connectivity index is 3.90. The van der Waals surface area contributed by atoms with Crippen LogP contribution in [-0.2, 0) is 0 Å². The molecule has 0 bridgehead atoms. The van der Waals surface area contributed by atoms with Gasteiger partial charge < -0.3 is 9.80 Å². The molecule has 0 aromatic rings. The molecule has 0 spiro atoms. The molecule has 0 aliphatic rings. The van der Waals surface area contributed by atoms with Gasteiger partial charge in [-0.1, -0.05) is 0 Å². The van der Waals surface area contributed by atoms with E-state index in [1.165, 1.54) is 0 Å². The summed E-state index contributed by atoms with van der Waals surface area (Å²) in [6.07, 6.45) is -2.27. The molecule has 0 saturated heterocycles. The van der Waals surface area contributed by atoms with Gasteiger partial charge in [0.25, 0.3) is 6.43 Å². The fraction of sp³-hybridized carbons (Fsp3) is 1.00. The summed E-state index contributed by atoms with van der Waals surface area (Å²) in [5.41, 5.74) is 0. The summed E-state index contributed by atoms with van der Waals surface area (Å²) in [5.74, 6) is 0. The van der Waals surface area contributed by atoms with Crippen LogP contribution >= 0.6 is 0 Å². The highest BCUT2D eigenvalue weighted by Gasteiger charge is 2.22. The Morgan fingerprint density at radius 1 is 1.09 bits per heavy atom. The number of alkyl halides is 2. The Morgan fingerprint density at radius 3 is 1.64 bits per heavy atom. The normalized spacial score (nSPS) is 15.0. The predicted molar refractivity (Wildman–Crippen MR) is 42.0 cm³/mol. The summed E-state index contributed by atoms with van der Waals surface area (Å²) in [6, 6.07) is -0.662. The fourth-order valence-corrected chi connectivity index (χ4v) is 0.842. The molecule has 0 aliphatic heterocycles. The van der Waals surface area contributed by atoms with Crippen LogP contribution in [0.2, 0.25) is 0 Å². The lowest BCUT2D eigenvalue weighted by Gasteiger charge is -2.26. The van der Waals surface area contributed by atoms with Crippen molar-refractivity contribution >= 4 is 0 Å².